The Balaban J connectivity index is 1.32. The Morgan fingerprint density at radius 3 is 2.60 bits per heavy atom. The Morgan fingerprint density at radius 2 is 1.80 bits per heavy atom. The topological polar surface area (TPSA) is 110 Å². The quantitative estimate of drug-likeness (QED) is 0.231. The van der Waals surface area contributed by atoms with Gasteiger partial charge < -0.3 is 24.4 Å². The largest absolute Gasteiger partial charge is 0.494 e. The summed E-state index contributed by atoms with van der Waals surface area (Å²) in [6, 6.07) is 25.3. The fourth-order valence-electron chi connectivity index (χ4n) is 5.64. The third-order valence-corrected chi connectivity index (χ3v) is 7.86. The summed E-state index contributed by atoms with van der Waals surface area (Å²) in [6.07, 6.45) is 3.60. The highest BCUT2D eigenvalue weighted by Crippen LogP contribution is 2.28. The maximum Gasteiger partial charge on any atom is 0.329 e. The number of rotatable bonds is 10. The van der Waals surface area contributed by atoms with Crippen molar-refractivity contribution in [2.45, 2.75) is 19.9 Å². The van der Waals surface area contributed by atoms with Crippen LogP contribution in [-0.2, 0) is 9.53 Å². The average Bonchev–Trinajstić information content (AvgIpc) is 3.50. The Morgan fingerprint density at radius 1 is 0.978 bits per heavy atom. The molecule has 6 rings (SSSR count). The Hall–Kier alpha value is -5.22. The van der Waals surface area contributed by atoms with Crippen LogP contribution in [0.2, 0.25) is 0 Å². The molecular weight excluding hydrogens is 570 g/mol. The number of amides is 1. The van der Waals surface area contributed by atoms with Gasteiger partial charge in [-0.05, 0) is 38.1 Å². The number of aromatic nitrogens is 3. The number of imidazole rings is 1. The van der Waals surface area contributed by atoms with E-state index in [0.717, 1.165) is 39.2 Å². The molecule has 3 aromatic carbocycles. The van der Waals surface area contributed by atoms with E-state index >= 15 is 0 Å². The van der Waals surface area contributed by atoms with E-state index in [1.807, 2.05) is 97.4 Å². The van der Waals surface area contributed by atoms with Gasteiger partial charge in [0.25, 0.3) is 5.91 Å². The summed E-state index contributed by atoms with van der Waals surface area (Å²) in [4.78, 5) is 38.8. The molecule has 1 atom stereocenters. The second-order valence-corrected chi connectivity index (χ2v) is 11.0. The summed E-state index contributed by atoms with van der Waals surface area (Å²) in [5, 5.41) is 10.2. The highest BCUT2D eigenvalue weighted by atomic mass is 16.5. The normalized spacial score (nSPS) is 14.9. The van der Waals surface area contributed by atoms with Crippen LogP contribution < -0.4 is 9.64 Å². The monoisotopic (exact) mass is 605 g/mol. The number of hydrogen-bond donors (Lipinski definition) is 1. The maximum absolute atomic E-state index is 14.2. The number of carbonyl (C=O) groups is 2. The predicted molar refractivity (Wildman–Crippen MR) is 172 cm³/mol. The number of carboxylic acid groups (broad SMARTS) is 1. The molecule has 0 aliphatic carbocycles. The first kappa shape index (κ1) is 29.8. The van der Waals surface area contributed by atoms with E-state index in [1.54, 1.807) is 11.1 Å². The summed E-state index contributed by atoms with van der Waals surface area (Å²) in [6.45, 7) is 5.54. The van der Waals surface area contributed by atoms with Crippen LogP contribution >= 0.6 is 0 Å². The molecule has 0 radical (unpaired) electrons. The van der Waals surface area contributed by atoms with E-state index in [-0.39, 0.29) is 18.2 Å². The van der Waals surface area contributed by atoms with E-state index in [1.165, 1.54) is 0 Å². The molecule has 10 heteroatoms. The summed E-state index contributed by atoms with van der Waals surface area (Å²) in [5.41, 5.74) is 4.94. The Bertz CT molecular complexity index is 1820. The van der Waals surface area contributed by atoms with Crippen LogP contribution in [0.15, 0.2) is 91.3 Å². The van der Waals surface area contributed by atoms with Crippen molar-refractivity contribution in [3.63, 3.8) is 0 Å². The number of carbonyl (C=O) groups excluding carboxylic acids is 1. The van der Waals surface area contributed by atoms with E-state index in [9.17, 15) is 14.7 Å². The van der Waals surface area contributed by atoms with Crippen molar-refractivity contribution >= 4 is 28.5 Å². The molecule has 1 saturated heterocycles. The molecule has 0 saturated carbocycles. The minimum Gasteiger partial charge on any atom is -0.494 e. The van der Waals surface area contributed by atoms with Gasteiger partial charge in [-0.2, -0.15) is 0 Å². The van der Waals surface area contributed by atoms with Gasteiger partial charge in [-0.1, -0.05) is 54.1 Å². The molecule has 1 aliphatic rings. The molecule has 45 heavy (non-hydrogen) atoms. The van der Waals surface area contributed by atoms with Gasteiger partial charge in [0, 0.05) is 42.8 Å². The lowest BCUT2D eigenvalue weighted by molar-refractivity contribution is -0.142. The average molecular weight is 606 g/mol. The van der Waals surface area contributed by atoms with Crippen molar-refractivity contribution in [3.8, 4) is 22.8 Å². The van der Waals surface area contributed by atoms with Crippen LogP contribution in [0.25, 0.3) is 28.0 Å². The van der Waals surface area contributed by atoms with E-state index in [2.05, 4.69) is 16.0 Å². The van der Waals surface area contributed by atoms with Crippen LogP contribution in [-0.4, -0.2) is 81.9 Å². The van der Waals surface area contributed by atoms with Crippen molar-refractivity contribution < 1.29 is 24.2 Å². The molecule has 1 N–H and O–H groups in total. The van der Waals surface area contributed by atoms with E-state index in [0.29, 0.717) is 32.1 Å². The van der Waals surface area contributed by atoms with Crippen LogP contribution in [0, 0.1) is 6.92 Å². The molecule has 0 unspecified atom stereocenters. The zero-order valence-corrected chi connectivity index (χ0v) is 25.3. The number of para-hydroxylation sites is 1. The molecule has 1 fully saturated rings. The lowest BCUT2D eigenvalue weighted by Gasteiger charge is -2.42. The fraction of sp³-hybridized carbons (Fsp3) is 0.257. The molecule has 1 aliphatic heterocycles. The number of ether oxygens (including phenoxy) is 2. The second kappa shape index (κ2) is 13.2. The Kier molecular flexibility index (Phi) is 8.74. The summed E-state index contributed by atoms with van der Waals surface area (Å²) in [7, 11) is 0. The number of fused-ring (bicyclic) bond motifs is 1. The number of benzene rings is 3. The van der Waals surface area contributed by atoms with E-state index < -0.39 is 18.6 Å². The maximum atomic E-state index is 14.2. The summed E-state index contributed by atoms with van der Waals surface area (Å²) in [5.74, 6) is 0.0475. The number of aliphatic carboxylic acids is 1. The molecule has 5 aromatic rings. The third-order valence-electron chi connectivity index (χ3n) is 7.86. The van der Waals surface area contributed by atoms with Crippen LogP contribution in [0.4, 0.5) is 5.69 Å². The van der Waals surface area contributed by atoms with Crippen molar-refractivity contribution in [2.24, 2.45) is 0 Å². The molecule has 3 heterocycles. The van der Waals surface area contributed by atoms with Crippen LogP contribution in [0.1, 0.15) is 23.0 Å². The first-order valence-electron chi connectivity index (χ1n) is 15.0. The van der Waals surface area contributed by atoms with Gasteiger partial charge in [-0.25, -0.2) is 9.78 Å². The number of aryl methyl sites for hydroxylation is 1. The predicted octanol–water partition coefficient (Wildman–Crippen LogP) is 5.23. The van der Waals surface area contributed by atoms with Gasteiger partial charge in [-0.3, -0.25) is 14.3 Å². The van der Waals surface area contributed by atoms with Gasteiger partial charge in [-0.15, -0.1) is 0 Å². The van der Waals surface area contributed by atoms with Gasteiger partial charge in [0.15, 0.2) is 0 Å². The first-order chi connectivity index (χ1) is 21.9. The molecular formula is C35H35N5O5. The lowest BCUT2D eigenvalue weighted by Crippen LogP contribution is -2.57. The van der Waals surface area contributed by atoms with Gasteiger partial charge in [0.1, 0.15) is 23.9 Å². The van der Waals surface area contributed by atoms with E-state index in [4.69, 9.17) is 14.5 Å². The number of carboxylic acids is 1. The van der Waals surface area contributed by atoms with Crippen molar-refractivity contribution in [1.82, 2.24) is 19.4 Å². The minimum absolute atomic E-state index is 0.0669. The fourth-order valence-corrected chi connectivity index (χ4v) is 5.64. The molecule has 10 nitrogen and oxygen atoms in total. The number of pyridine rings is 1. The Labute approximate surface area is 261 Å². The van der Waals surface area contributed by atoms with Gasteiger partial charge in [0.05, 0.1) is 42.3 Å². The zero-order valence-electron chi connectivity index (χ0n) is 25.3. The second-order valence-electron chi connectivity index (χ2n) is 11.0. The first-order valence-corrected chi connectivity index (χ1v) is 15.0. The van der Waals surface area contributed by atoms with Crippen LogP contribution in [0.5, 0.6) is 5.75 Å². The van der Waals surface area contributed by atoms with Gasteiger partial charge in [0.2, 0.25) is 0 Å². The molecule has 1 amide bonds. The van der Waals surface area contributed by atoms with Crippen molar-refractivity contribution in [2.75, 3.05) is 44.4 Å². The smallest absolute Gasteiger partial charge is 0.329 e. The zero-order chi connectivity index (χ0) is 31.3. The lowest BCUT2D eigenvalue weighted by atomic mass is 10.1. The molecule has 0 bridgehead atoms. The van der Waals surface area contributed by atoms with Crippen molar-refractivity contribution in [3.05, 3.63) is 103 Å². The highest BCUT2D eigenvalue weighted by molar-refractivity contribution is 5.93. The third kappa shape index (κ3) is 6.66. The number of piperazine rings is 1. The molecule has 230 valence electrons. The number of anilines is 1. The number of nitrogens with zero attached hydrogens (tertiary/aromatic N) is 5. The molecule has 0 spiro atoms. The summed E-state index contributed by atoms with van der Waals surface area (Å²) >= 11 is 0. The number of hydrogen-bond acceptors (Lipinski definition) is 7. The molecule has 2 aromatic heterocycles. The summed E-state index contributed by atoms with van der Waals surface area (Å²) < 4.78 is 13.2. The van der Waals surface area contributed by atoms with Crippen molar-refractivity contribution in [1.29, 1.82) is 0 Å². The SMILES string of the molecule is CCOc1cccc(-n2cc(C(=O)N3CCN(c4cnc5ccccc5c4)C[C@H]3COCC(=O)O)nc2-c2ccc(C)cc2)c1. The van der Waals surface area contributed by atoms with Gasteiger partial charge >= 0.3 is 5.97 Å². The standard InChI is InChI=1S/C35H35N5O5/c1-3-45-30-9-6-8-27(18-30)40-21-32(37-34(40)25-13-11-24(2)12-14-25)35(43)39-16-15-38(20-29(39)22-44-23-33(41)42)28-17-26-7-4-5-10-31(26)36-19-28/h4-14,17-19,21,29H,3,15-16,20,22-23H2,1-2H3,(H,41,42)/t29-/m0/s1. The minimum atomic E-state index is -1.06. The highest BCUT2D eigenvalue weighted by Gasteiger charge is 2.33. The van der Waals surface area contributed by atoms with Crippen LogP contribution in [0.3, 0.4) is 0 Å².